The molecule has 1 aliphatic rings. The summed E-state index contributed by atoms with van der Waals surface area (Å²) in [6.07, 6.45) is 5.17. The first kappa shape index (κ1) is 16.5. The lowest BCUT2D eigenvalue weighted by Gasteiger charge is -2.33. The summed E-state index contributed by atoms with van der Waals surface area (Å²) >= 11 is 1.52. The van der Waals surface area contributed by atoms with E-state index in [0.29, 0.717) is 12.3 Å². The van der Waals surface area contributed by atoms with Crippen molar-refractivity contribution in [2.45, 2.75) is 5.72 Å². The quantitative estimate of drug-likeness (QED) is 0.847. The highest BCUT2D eigenvalue weighted by Gasteiger charge is 2.44. The zero-order valence-corrected chi connectivity index (χ0v) is 14.2. The second kappa shape index (κ2) is 7.07. The van der Waals surface area contributed by atoms with Crippen molar-refractivity contribution >= 4 is 22.6 Å². The van der Waals surface area contributed by atoms with Gasteiger partial charge in [0.1, 0.15) is 5.75 Å². The number of aromatic nitrogens is 1. The van der Waals surface area contributed by atoms with Crippen LogP contribution < -0.4 is 4.74 Å². The molecule has 1 saturated heterocycles. The first-order valence-electron chi connectivity index (χ1n) is 7.54. The van der Waals surface area contributed by atoms with Crippen molar-refractivity contribution in [3.05, 3.63) is 67.0 Å². The molecule has 1 unspecified atom stereocenters. The second-order valence-electron chi connectivity index (χ2n) is 5.34. The Morgan fingerprint density at radius 3 is 2.83 bits per heavy atom. The molecule has 3 rings (SSSR count). The zero-order chi connectivity index (χ0) is 17.0. The Morgan fingerprint density at radius 2 is 2.21 bits per heavy atom. The minimum atomic E-state index is -1.13. The molecule has 124 valence electrons. The van der Waals surface area contributed by atoms with E-state index >= 15 is 0 Å². The first-order chi connectivity index (χ1) is 11.7. The van der Waals surface area contributed by atoms with Gasteiger partial charge in [-0.25, -0.2) is 4.99 Å². The summed E-state index contributed by atoms with van der Waals surface area (Å²) in [5.41, 5.74) is 0.425. The molecule has 0 aliphatic carbocycles. The molecule has 0 saturated carbocycles. The van der Waals surface area contributed by atoms with Crippen LogP contribution in [0.2, 0.25) is 0 Å². The monoisotopic (exact) mass is 341 g/mol. The van der Waals surface area contributed by atoms with Gasteiger partial charge in [-0.3, -0.25) is 4.98 Å². The van der Waals surface area contributed by atoms with Gasteiger partial charge in [-0.1, -0.05) is 30.0 Å². The van der Waals surface area contributed by atoms with Crippen LogP contribution in [0.5, 0.6) is 5.75 Å². The van der Waals surface area contributed by atoms with Crippen molar-refractivity contribution in [1.82, 2.24) is 9.88 Å². The molecule has 5 nitrogen and oxygen atoms in total. The molecule has 2 heterocycles. The number of aliphatic imine (C=N–C) groups is 1. The fourth-order valence-corrected chi connectivity index (χ4v) is 3.76. The average Bonchev–Trinajstić information content (AvgIpc) is 2.94. The molecule has 0 radical (unpaired) electrons. The van der Waals surface area contributed by atoms with E-state index in [-0.39, 0.29) is 0 Å². The third kappa shape index (κ3) is 3.16. The van der Waals surface area contributed by atoms with Crippen molar-refractivity contribution in [2.75, 3.05) is 19.4 Å². The molecule has 0 amide bonds. The van der Waals surface area contributed by atoms with Gasteiger partial charge in [0.2, 0.25) is 0 Å². The van der Waals surface area contributed by atoms with Crippen molar-refractivity contribution in [1.29, 1.82) is 0 Å². The van der Waals surface area contributed by atoms with Crippen molar-refractivity contribution in [3.8, 4) is 5.75 Å². The number of nitrogens with zero attached hydrogens (tertiary/aromatic N) is 3. The molecule has 1 fully saturated rings. The maximum atomic E-state index is 11.3. The summed E-state index contributed by atoms with van der Waals surface area (Å²) in [6.45, 7) is 4.30. The lowest BCUT2D eigenvalue weighted by Crippen LogP contribution is -2.45. The Bertz CT molecular complexity index is 734. The van der Waals surface area contributed by atoms with Gasteiger partial charge in [0, 0.05) is 18.3 Å². The largest absolute Gasteiger partial charge is 0.497 e. The predicted molar refractivity (Wildman–Crippen MR) is 97.6 cm³/mol. The maximum Gasteiger partial charge on any atom is 0.175 e. The number of aliphatic hydroxyl groups is 1. The molecule has 1 aliphatic heterocycles. The van der Waals surface area contributed by atoms with Crippen LogP contribution in [0.15, 0.2) is 66.4 Å². The Balaban J connectivity index is 1.95. The number of hydrogen-bond donors (Lipinski definition) is 1. The fraction of sp³-hybridized carbons (Fsp3) is 0.222. The minimum Gasteiger partial charge on any atom is -0.497 e. The Labute approximate surface area is 145 Å². The highest BCUT2D eigenvalue weighted by molar-refractivity contribution is 8.14. The second-order valence-corrected chi connectivity index (χ2v) is 6.28. The molecule has 1 atom stereocenters. The lowest BCUT2D eigenvalue weighted by atomic mass is 10.0. The smallest absolute Gasteiger partial charge is 0.175 e. The third-order valence-electron chi connectivity index (χ3n) is 3.81. The van der Waals surface area contributed by atoms with Crippen LogP contribution in [0.1, 0.15) is 5.56 Å². The summed E-state index contributed by atoms with van der Waals surface area (Å²) in [4.78, 5) is 10.6. The van der Waals surface area contributed by atoms with Crippen LogP contribution in [0.4, 0.5) is 5.69 Å². The standard InChI is InChI=1S/C18H19N3O2S/c1-3-11-21-17(20-15-5-4-10-19-12-15)24-13-18(21,22)14-6-8-16(23-2)9-7-14/h3-10,12,22H,1,11,13H2,2H3. The van der Waals surface area contributed by atoms with E-state index in [2.05, 4.69) is 16.6 Å². The normalized spacial score (nSPS) is 21.9. The fourth-order valence-electron chi connectivity index (χ4n) is 2.56. The van der Waals surface area contributed by atoms with Gasteiger partial charge < -0.3 is 14.7 Å². The number of methoxy groups -OCH3 is 1. The molecule has 0 spiro atoms. The SMILES string of the molecule is C=CCN1C(=Nc2cccnc2)SCC1(O)c1ccc(OC)cc1. The average molecular weight is 341 g/mol. The molecular weight excluding hydrogens is 322 g/mol. The van der Waals surface area contributed by atoms with E-state index < -0.39 is 5.72 Å². The molecule has 1 aromatic heterocycles. The molecule has 6 heteroatoms. The molecule has 0 bridgehead atoms. The van der Waals surface area contributed by atoms with Crippen LogP contribution in [-0.4, -0.2) is 39.6 Å². The van der Waals surface area contributed by atoms with Gasteiger partial charge in [0.05, 0.1) is 24.7 Å². The van der Waals surface area contributed by atoms with Crippen LogP contribution in [0.3, 0.4) is 0 Å². The Kier molecular flexibility index (Phi) is 4.87. The summed E-state index contributed by atoms with van der Waals surface area (Å²) in [7, 11) is 1.62. The van der Waals surface area contributed by atoms with Gasteiger partial charge in [-0.15, -0.1) is 6.58 Å². The third-order valence-corrected chi connectivity index (χ3v) is 4.93. The predicted octanol–water partition coefficient (Wildman–Crippen LogP) is 3.16. The summed E-state index contributed by atoms with van der Waals surface area (Å²) < 4.78 is 5.19. The topological polar surface area (TPSA) is 58.0 Å². The van der Waals surface area contributed by atoms with Gasteiger partial charge in [-0.05, 0) is 24.3 Å². The van der Waals surface area contributed by atoms with E-state index in [9.17, 15) is 5.11 Å². The van der Waals surface area contributed by atoms with Crippen LogP contribution in [0, 0.1) is 0 Å². The van der Waals surface area contributed by atoms with E-state index in [1.165, 1.54) is 11.8 Å². The maximum absolute atomic E-state index is 11.3. The van der Waals surface area contributed by atoms with Crippen LogP contribution in [0.25, 0.3) is 0 Å². The van der Waals surface area contributed by atoms with E-state index in [1.54, 1.807) is 25.6 Å². The zero-order valence-electron chi connectivity index (χ0n) is 13.4. The summed E-state index contributed by atoms with van der Waals surface area (Å²) in [6, 6.07) is 11.2. The van der Waals surface area contributed by atoms with E-state index in [4.69, 9.17) is 4.74 Å². The molecule has 2 aromatic rings. The number of thioether (sulfide) groups is 1. The van der Waals surface area contributed by atoms with Gasteiger partial charge in [-0.2, -0.15) is 0 Å². The van der Waals surface area contributed by atoms with Gasteiger partial charge >= 0.3 is 0 Å². The van der Waals surface area contributed by atoms with Crippen molar-refractivity contribution in [2.24, 2.45) is 4.99 Å². The van der Waals surface area contributed by atoms with E-state index in [1.807, 2.05) is 41.3 Å². The van der Waals surface area contributed by atoms with E-state index in [0.717, 1.165) is 22.2 Å². The molecular formula is C18H19N3O2S. The number of hydrogen-bond acceptors (Lipinski definition) is 5. The van der Waals surface area contributed by atoms with Crippen molar-refractivity contribution < 1.29 is 9.84 Å². The molecule has 1 aromatic carbocycles. The van der Waals surface area contributed by atoms with Crippen LogP contribution >= 0.6 is 11.8 Å². The van der Waals surface area contributed by atoms with Crippen LogP contribution in [-0.2, 0) is 5.72 Å². The highest BCUT2D eigenvalue weighted by atomic mass is 32.2. The van der Waals surface area contributed by atoms with Gasteiger partial charge in [0.25, 0.3) is 0 Å². The lowest BCUT2D eigenvalue weighted by molar-refractivity contribution is -0.0422. The number of benzene rings is 1. The summed E-state index contributed by atoms with van der Waals surface area (Å²) in [5, 5.41) is 12.0. The minimum absolute atomic E-state index is 0.492. The first-order valence-corrected chi connectivity index (χ1v) is 8.53. The Hall–Kier alpha value is -2.31. The number of rotatable bonds is 5. The number of ether oxygens (including phenoxy) is 1. The Morgan fingerprint density at radius 1 is 1.42 bits per heavy atom. The van der Waals surface area contributed by atoms with Gasteiger partial charge in [0.15, 0.2) is 10.9 Å². The highest BCUT2D eigenvalue weighted by Crippen LogP contribution is 2.40. The molecule has 24 heavy (non-hydrogen) atoms. The number of amidine groups is 1. The number of pyridine rings is 1. The van der Waals surface area contributed by atoms with Crippen molar-refractivity contribution in [3.63, 3.8) is 0 Å². The molecule has 1 N–H and O–H groups in total. The summed E-state index contributed by atoms with van der Waals surface area (Å²) in [5.74, 6) is 1.25.